The van der Waals surface area contributed by atoms with Gasteiger partial charge in [-0.3, -0.25) is 4.79 Å². The fourth-order valence-corrected chi connectivity index (χ4v) is 4.12. The van der Waals surface area contributed by atoms with E-state index in [1.165, 1.54) is 16.7 Å². The Hall–Kier alpha value is -1.26. The third-order valence-corrected chi connectivity index (χ3v) is 5.80. The lowest BCUT2D eigenvalue weighted by molar-refractivity contribution is -0.113. The van der Waals surface area contributed by atoms with E-state index in [0.717, 1.165) is 15.1 Å². The Labute approximate surface area is 163 Å². The van der Waals surface area contributed by atoms with Crippen LogP contribution in [0.25, 0.3) is 0 Å². The molecule has 0 saturated carbocycles. The predicted octanol–water partition coefficient (Wildman–Crippen LogP) is 6.74. The van der Waals surface area contributed by atoms with Gasteiger partial charge < -0.3 is 5.32 Å². The molecule has 0 aliphatic heterocycles. The van der Waals surface area contributed by atoms with Crippen molar-refractivity contribution in [2.75, 3.05) is 11.1 Å². The molecule has 0 aromatic heterocycles. The molecule has 0 aliphatic carbocycles. The van der Waals surface area contributed by atoms with E-state index >= 15 is 0 Å². The number of rotatable bonds is 6. The van der Waals surface area contributed by atoms with E-state index in [1.807, 2.05) is 6.07 Å². The number of nitrogens with one attached hydrogen (secondary N) is 1. The van der Waals surface area contributed by atoms with Crippen molar-refractivity contribution in [2.45, 2.75) is 51.3 Å². The van der Waals surface area contributed by atoms with E-state index in [2.05, 4.69) is 86.2 Å². The maximum absolute atomic E-state index is 12.6. The summed E-state index contributed by atoms with van der Waals surface area (Å²) < 4.78 is 1.04. The van der Waals surface area contributed by atoms with E-state index < -0.39 is 0 Å². The zero-order valence-corrected chi connectivity index (χ0v) is 17.9. The zero-order valence-electron chi connectivity index (χ0n) is 15.5. The minimum absolute atomic E-state index is 0.0411. The number of hydrogen-bond acceptors (Lipinski definition) is 2. The maximum atomic E-state index is 12.6. The Kier molecular flexibility index (Phi) is 7.14. The highest BCUT2D eigenvalue weighted by atomic mass is 79.9. The van der Waals surface area contributed by atoms with Gasteiger partial charge in [0.05, 0.1) is 5.75 Å². The molecule has 0 heterocycles. The second-order valence-electron chi connectivity index (χ2n) is 6.87. The van der Waals surface area contributed by atoms with Crippen LogP contribution in [0.2, 0.25) is 0 Å². The first kappa shape index (κ1) is 20.1. The van der Waals surface area contributed by atoms with Crippen LogP contribution in [0.15, 0.2) is 45.8 Å². The normalized spacial score (nSPS) is 11.2. The molecule has 25 heavy (non-hydrogen) atoms. The second kappa shape index (κ2) is 8.91. The number of amides is 1. The van der Waals surface area contributed by atoms with Gasteiger partial charge in [0.1, 0.15) is 0 Å². The van der Waals surface area contributed by atoms with Gasteiger partial charge in [0.2, 0.25) is 5.91 Å². The number of carbonyl (C=O) groups is 1. The van der Waals surface area contributed by atoms with Crippen molar-refractivity contribution in [1.29, 1.82) is 0 Å². The minimum atomic E-state index is 0.0411. The van der Waals surface area contributed by atoms with Gasteiger partial charge in [0.15, 0.2) is 0 Å². The quantitative estimate of drug-likeness (QED) is 0.525. The molecule has 2 aromatic carbocycles. The lowest BCUT2D eigenvalue weighted by atomic mass is 9.92. The maximum Gasteiger partial charge on any atom is 0.234 e. The van der Waals surface area contributed by atoms with Crippen LogP contribution in [0, 0.1) is 6.92 Å². The number of aryl methyl sites for hydroxylation is 1. The van der Waals surface area contributed by atoms with Gasteiger partial charge in [-0.1, -0.05) is 67.9 Å². The van der Waals surface area contributed by atoms with Crippen LogP contribution >= 0.6 is 27.7 Å². The summed E-state index contributed by atoms with van der Waals surface area (Å²) in [7, 11) is 0. The fourth-order valence-electron chi connectivity index (χ4n) is 2.74. The molecule has 0 unspecified atom stereocenters. The lowest BCUT2D eigenvalue weighted by Crippen LogP contribution is -2.17. The largest absolute Gasteiger partial charge is 0.325 e. The third kappa shape index (κ3) is 5.35. The fraction of sp³-hybridized carbons (Fsp3) is 0.381. The minimum Gasteiger partial charge on any atom is -0.325 e. The molecule has 0 atom stereocenters. The van der Waals surface area contributed by atoms with Crippen LogP contribution in [0.5, 0.6) is 0 Å². The van der Waals surface area contributed by atoms with Gasteiger partial charge in [0.25, 0.3) is 0 Å². The van der Waals surface area contributed by atoms with Crippen molar-refractivity contribution < 1.29 is 4.79 Å². The van der Waals surface area contributed by atoms with E-state index in [0.29, 0.717) is 17.6 Å². The topological polar surface area (TPSA) is 29.1 Å². The summed E-state index contributed by atoms with van der Waals surface area (Å²) >= 11 is 5.07. The third-order valence-electron chi connectivity index (χ3n) is 4.15. The summed E-state index contributed by atoms with van der Waals surface area (Å²) in [6.07, 6.45) is 0. The lowest BCUT2D eigenvalue weighted by Gasteiger charge is -2.20. The first-order chi connectivity index (χ1) is 11.8. The molecule has 0 saturated heterocycles. The molecule has 2 aromatic rings. The highest BCUT2D eigenvalue weighted by molar-refractivity contribution is 9.10. The number of hydrogen-bond donors (Lipinski definition) is 1. The molecule has 2 rings (SSSR count). The van der Waals surface area contributed by atoms with E-state index in [4.69, 9.17) is 0 Å². The number of anilines is 1. The Morgan fingerprint density at radius 1 is 1.08 bits per heavy atom. The standard InChI is InChI=1S/C21H26BrNOS/c1-13(2)17-7-6-8-18(14(3)4)21(17)23-20(24)12-25-19-11-16(22)10-9-15(19)5/h6-11,13-14H,12H2,1-5H3,(H,23,24). The molecule has 2 nitrogen and oxygen atoms in total. The van der Waals surface area contributed by atoms with Crippen LogP contribution in [0.3, 0.4) is 0 Å². The molecule has 1 N–H and O–H groups in total. The van der Waals surface area contributed by atoms with Crippen LogP contribution in [-0.2, 0) is 4.79 Å². The number of thioether (sulfide) groups is 1. The van der Waals surface area contributed by atoms with Crippen LogP contribution in [0.1, 0.15) is 56.2 Å². The predicted molar refractivity (Wildman–Crippen MR) is 113 cm³/mol. The summed E-state index contributed by atoms with van der Waals surface area (Å²) in [4.78, 5) is 13.7. The zero-order chi connectivity index (χ0) is 18.6. The van der Waals surface area contributed by atoms with Crippen LogP contribution in [0.4, 0.5) is 5.69 Å². The van der Waals surface area contributed by atoms with Crippen LogP contribution < -0.4 is 5.32 Å². The summed E-state index contributed by atoms with van der Waals surface area (Å²) in [6, 6.07) is 12.5. The monoisotopic (exact) mass is 419 g/mol. The smallest absolute Gasteiger partial charge is 0.234 e. The molecule has 0 spiro atoms. The van der Waals surface area contributed by atoms with Crippen molar-refractivity contribution in [1.82, 2.24) is 0 Å². The van der Waals surface area contributed by atoms with Gasteiger partial charge in [0, 0.05) is 15.1 Å². The first-order valence-corrected chi connectivity index (χ1v) is 10.4. The van der Waals surface area contributed by atoms with Crippen molar-refractivity contribution in [3.8, 4) is 0 Å². The van der Waals surface area contributed by atoms with E-state index in [-0.39, 0.29) is 5.91 Å². The average Bonchev–Trinajstić information content (AvgIpc) is 2.55. The molecular weight excluding hydrogens is 394 g/mol. The summed E-state index contributed by atoms with van der Waals surface area (Å²) in [6.45, 7) is 10.7. The summed E-state index contributed by atoms with van der Waals surface area (Å²) in [5, 5.41) is 3.17. The van der Waals surface area contributed by atoms with Gasteiger partial charge in [-0.25, -0.2) is 0 Å². The summed E-state index contributed by atoms with van der Waals surface area (Å²) in [5.74, 6) is 1.18. The Bertz CT molecular complexity index is 729. The highest BCUT2D eigenvalue weighted by Gasteiger charge is 2.16. The molecule has 0 radical (unpaired) electrons. The number of carbonyl (C=O) groups excluding carboxylic acids is 1. The first-order valence-electron chi connectivity index (χ1n) is 8.61. The van der Waals surface area contributed by atoms with Gasteiger partial charge >= 0.3 is 0 Å². The van der Waals surface area contributed by atoms with Crippen molar-refractivity contribution >= 4 is 39.3 Å². The van der Waals surface area contributed by atoms with Crippen LogP contribution in [-0.4, -0.2) is 11.7 Å². The molecule has 1 amide bonds. The Morgan fingerprint density at radius 2 is 1.68 bits per heavy atom. The Balaban J connectivity index is 2.16. The number of para-hydroxylation sites is 1. The van der Waals surface area contributed by atoms with E-state index in [9.17, 15) is 4.79 Å². The van der Waals surface area contributed by atoms with Gasteiger partial charge in [-0.2, -0.15) is 0 Å². The summed E-state index contributed by atoms with van der Waals surface area (Å²) in [5.41, 5.74) is 4.57. The second-order valence-corrected chi connectivity index (χ2v) is 8.80. The highest BCUT2D eigenvalue weighted by Crippen LogP contribution is 2.33. The van der Waals surface area contributed by atoms with Gasteiger partial charge in [-0.05, 0) is 47.6 Å². The van der Waals surface area contributed by atoms with Crippen molar-refractivity contribution in [3.05, 3.63) is 57.6 Å². The average molecular weight is 420 g/mol. The molecule has 4 heteroatoms. The molecule has 0 aliphatic rings. The number of halogens is 1. The van der Waals surface area contributed by atoms with Crippen molar-refractivity contribution in [3.63, 3.8) is 0 Å². The molecule has 0 bridgehead atoms. The molecular formula is C21H26BrNOS. The van der Waals surface area contributed by atoms with Gasteiger partial charge in [-0.15, -0.1) is 11.8 Å². The van der Waals surface area contributed by atoms with Crippen molar-refractivity contribution in [2.24, 2.45) is 0 Å². The number of benzene rings is 2. The molecule has 0 fully saturated rings. The SMILES string of the molecule is Cc1ccc(Br)cc1SCC(=O)Nc1c(C(C)C)cccc1C(C)C. The molecule has 134 valence electrons. The van der Waals surface area contributed by atoms with E-state index in [1.54, 1.807) is 11.8 Å². The Morgan fingerprint density at radius 3 is 2.24 bits per heavy atom.